The highest BCUT2D eigenvalue weighted by molar-refractivity contribution is 5.92. The Bertz CT molecular complexity index is 672. The number of aromatic nitrogens is 2. The molecule has 2 aromatic rings. The molecular weight excluding hydrogens is 283 g/mol. The molecule has 6 heteroatoms. The average Bonchev–Trinajstić information content (AvgIpc) is 2.90. The Morgan fingerprint density at radius 3 is 2.41 bits per heavy atom. The Labute approximate surface area is 128 Å². The summed E-state index contributed by atoms with van der Waals surface area (Å²) in [4.78, 5) is 16.6. The number of halogens is 1. The molecule has 2 heterocycles. The maximum atomic E-state index is 13.0. The van der Waals surface area contributed by atoms with Crippen LogP contribution in [0.15, 0.2) is 30.3 Å². The van der Waals surface area contributed by atoms with Crippen LogP contribution in [0.5, 0.6) is 0 Å². The van der Waals surface area contributed by atoms with Crippen molar-refractivity contribution < 1.29 is 9.18 Å². The van der Waals surface area contributed by atoms with Crippen molar-refractivity contribution in [2.24, 2.45) is 0 Å². The summed E-state index contributed by atoms with van der Waals surface area (Å²) >= 11 is 0. The lowest BCUT2D eigenvalue weighted by Gasteiger charge is -2.31. The molecule has 0 bridgehead atoms. The van der Waals surface area contributed by atoms with Gasteiger partial charge in [-0.15, -0.1) is 0 Å². The summed E-state index contributed by atoms with van der Waals surface area (Å²) in [5.74, 6) is -0.334. The van der Waals surface area contributed by atoms with Crippen molar-refractivity contribution in [2.45, 2.75) is 6.92 Å². The van der Waals surface area contributed by atoms with Gasteiger partial charge < -0.3 is 9.80 Å². The minimum absolute atomic E-state index is 0.0444. The van der Waals surface area contributed by atoms with Gasteiger partial charge in [-0.3, -0.25) is 4.79 Å². The number of rotatable bonds is 2. The molecule has 22 heavy (non-hydrogen) atoms. The van der Waals surface area contributed by atoms with E-state index in [9.17, 15) is 9.18 Å². The summed E-state index contributed by atoms with van der Waals surface area (Å²) in [5.41, 5.74) is 2.03. The molecule has 0 aliphatic carbocycles. The van der Waals surface area contributed by atoms with Gasteiger partial charge in [0.05, 0.1) is 5.69 Å². The first-order valence-corrected chi connectivity index (χ1v) is 7.35. The first-order valence-electron chi connectivity index (χ1n) is 7.35. The van der Waals surface area contributed by atoms with E-state index < -0.39 is 0 Å². The Balaban J connectivity index is 1.82. The van der Waals surface area contributed by atoms with Gasteiger partial charge in [-0.05, 0) is 44.3 Å². The molecule has 1 fully saturated rings. The molecule has 3 rings (SSSR count). The Kier molecular flexibility index (Phi) is 3.94. The SMILES string of the molecule is Cc1cc(C(=O)N2CCN(C)CC2)nn1-c1ccc(F)cc1. The van der Waals surface area contributed by atoms with Crippen molar-refractivity contribution in [1.29, 1.82) is 0 Å². The van der Waals surface area contributed by atoms with Crippen LogP contribution in [-0.2, 0) is 0 Å². The van der Waals surface area contributed by atoms with E-state index in [-0.39, 0.29) is 11.7 Å². The van der Waals surface area contributed by atoms with Gasteiger partial charge in [0.15, 0.2) is 5.69 Å². The molecule has 0 unspecified atom stereocenters. The molecule has 1 aromatic carbocycles. The van der Waals surface area contributed by atoms with Crippen LogP contribution >= 0.6 is 0 Å². The molecule has 0 atom stereocenters. The van der Waals surface area contributed by atoms with E-state index in [1.165, 1.54) is 12.1 Å². The number of benzene rings is 1. The van der Waals surface area contributed by atoms with Crippen molar-refractivity contribution >= 4 is 5.91 Å². The molecule has 0 N–H and O–H groups in total. The zero-order valence-electron chi connectivity index (χ0n) is 12.8. The first kappa shape index (κ1) is 14.7. The largest absolute Gasteiger partial charge is 0.335 e. The van der Waals surface area contributed by atoms with Crippen molar-refractivity contribution in [3.05, 3.63) is 47.5 Å². The standard InChI is InChI=1S/C16H19FN4O/c1-12-11-15(16(22)20-9-7-19(2)8-10-20)18-21(12)14-5-3-13(17)4-6-14/h3-6,11H,7-10H2,1-2H3. The fourth-order valence-corrected chi connectivity index (χ4v) is 2.59. The highest BCUT2D eigenvalue weighted by Crippen LogP contribution is 2.15. The molecule has 0 saturated carbocycles. The summed E-state index contributed by atoms with van der Waals surface area (Å²) in [7, 11) is 2.05. The third-order valence-electron chi connectivity index (χ3n) is 3.97. The number of carbonyl (C=O) groups excluding carboxylic acids is 1. The van der Waals surface area contributed by atoms with Crippen molar-refractivity contribution in [3.63, 3.8) is 0 Å². The third-order valence-corrected chi connectivity index (χ3v) is 3.97. The summed E-state index contributed by atoms with van der Waals surface area (Å²) in [6.45, 7) is 5.08. The second kappa shape index (κ2) is 5.88. The smallest absolute Gasteiger partial charge is 0.274 e. The third kappa shape index (κ3) is 2.87. The number of hydrogen-bond donors (Lipinski definition) is 0. The van der Waals surface area contributed by atoms with Crippen LogP contribution in [0.1, 0.15) is 16.2 Å². The van der Waals surface area contributed by atoms with Gasteiger partial charge in [0.2, 0.25) is 0 Å². The molecule has 116 valence electrons. The Hall–Kier alpha value is -2.21. The van der Waals surface area contributed by atoms with Crippen LogP contribution in [-0.4, -0.2) is 58.7 Å². The predicted molar refractivity (Wildman–Crippen MR) is 81.7 cm³/mol. The van der Waals surface area contributed by atoms with Gasteiger partial charge in [-0.2, -0.15) is 5.10 Å². The van der Waals surface area contributed by atoms with Gasteiger partial charge in [0.1, 0.15) is 5.82 Å². The zero-order chi connectivity index (χ0) is 15.7. The Morgan fingerprint density at radius 2 is 1.77 bits per heavy atom. The van der Waals surface area contributed by atoms with E-state index in [4.69, 9.17) is 0 Å². The van der Waals surface area contributed by atoms with Crippen LogP contribution < -0.4 is 0 Å². The summed E-state index contributed by atoms with van der Waals surface area (Å²) in [6.07, 6.45) is 0. The minimum atomic E-state index is -0.290. The number of hydrogen-bond acceptors (Lipinski definition) is 3. The summed E-state index contributed by atoms with van der Waals surface area (Å²) in [6, 6.07) is 7.86. The second-order valence-electron chi connectivity index (χ2n) is 5.65. The molecule has 5 nitrogen and oxygen atoms in total. The van der Waals surface area contributed by atoms with Gasteiger partial charge in [-0.1, -0.05) is 0 Å². The highest BCUT2D eigenvalue weighted by Gasteiger charge is 2.23. The average molecular weight is 302 g/mol. The topological polar surface area (TPSA) is 41.4 Å². The fraction of sp³-hybridized carbons (Fsp3) is 0.375. The van der Waals surface area contributed by atoms with E-state index >= 15 is 0 Å². The number of nitrogens with zero attached hydrogens (tertiary/aromatic N) is 4. The van der Waals surface area contributed by atoms with Gasteiger partial charge in [0.25, 0.3) is 5.91 Å². The van der Waals surface area contributed by atoms with Crippen LogP contribution in [0.3, 0.4) is 0 Å². The van der Waals surface area contributed by atoms with Crippen LogP contribution in [0.25, 0.3) is 5.69 Å². The predicted octanol–water partition coefficient (Wildman–Crippen LogP) is 1.71. The molecule has 0 spiro atoms. The van der Waals surface area contributed by atoms with Gasteiger partial charge in [0, 0.05) is 31.9 Å². The van der Waals surface area contributed by atoms with Crippen molar-refractivity contribution in [3.8, 4) is 5.69 Å². The van der Waals surface area contributed by atoms with E-state index in [0.717, 1.165) is 37.6 Å². The minimum Gasteiger partial charge on any atom is -0.335 e. The molecule has 1 amide bonds. The summed E-state index contributed by atoms with van der Waals surface area (Å²) in [5, 5.41) is 4.39. The fourth-order valence-electron chi connectivity index (χ4n) is 2.59. The lowest BCUT2D eigenvalue weighted by molar-refractivity contribution is 0.0657. The lowest BCUT2D eigenvalue weighted by Crippen LogP contribution is -2.47. The maximum absolute atomic E-state index is 13.0. The van der Waals surface area contributed by atoms with Crippen LogP contribution in [0, 0.1) is 12.7 Å². The van der Waals surface area contributed by atoms with Crippen molar-refractivity contribution in [2.75, 3.05) is 33.2 Å². The number of amides is 1. The lowest BCUT2D eigenvalue weighted by atomic mass is 10.2. The van der Waals surface area contributed by atoms with Crippen molar-refractivity contribution in [1.82, 2.24) is 19.6 Å². The number of piperazine rings is 1. The van der Waals surface area contributed by atoms with E-state index in [1.54, 1.807) is 22.9 Å². The number of carbonyl (C=O) groups is 1. The van der Waals surface area contributed by atoms with Gasteiger partial charge in [-0.25, -0.2) is 9.07 Å². The maximum Gasteiger partial charge on any atom is 0.274 e. The van der Waals surface area contributed by atoms with Gasteiger partial charge >= 0.3 is 0 Å². The quantitative estimate of drug-likeness (QED) is 0.848. The van der Waals surface area contributed by atoms with Crippen LogP contribution in [0.2, 0.25) is 0 Å². The Morgan fingerprint density at radius 1 is 1.14 bits per heavy atom. The van der Waals surface area contributed by atoms with E-state index in [0.29, 0.717) is 5.69 Å². The molecule has 1 aromatic heterocycles. The van der Waals surface area contributed by atoms with Crippen LogP contribution in [0.4, 0.5) is 4.39 Å². The first-order chi connectivity index (χ1) is 10.5. The second-order valence-corrected chi connectivity index (χ2v) is 5.65. The highest BCUT2D eigenvalue weighted by atomic mass is 19.1. The molecule has 1 saturated heterocycles. The molecule has 1 aliphatic rings. The normalized spacial score (nSPS) is 16.0. The molecule has 0 radical (unpaired) electrons. The monoisotopic (exact) mass is 302 g/mol. The van der Waals surface area contributed by atoms with E-state index in [2.05, 4.69) is 17.0 Å². The summed E-state index contributed by atoms with van der Waals surface area (Å²) < 4.78 is 14.7. The van der Waals surface area contributed by atoms with E-state index in [1.807, 2.05) is 11.8 Å². The number of likely N-dealkylation sites (N-methyl/N-ethyl adjacent to an activating group) is 1. The molecular formula is C16H19FN4O. The molecule has 1 aliphatic heterocycles. The zero-order valence-corrected chi connectivity index (χ0v) is 12.8. The number of aryl methyl sites for hydroxylation is 1.